The van der Waals surface area contributed by atoms with E-state index in [1.54, 1.807) is 0 Å². The molecular formula is C11H12ClF3N2O4S. The fourth-order valence-electron chi connectivity index (χ4n) is 1.58. The molecule has 1 aromatic carbocycles. The number of hydrogen-bond donors (Lipinski definition) is 2. The van der Waals surface area contributed by atoms with E-state index in [4.69, 9.17) is 16.8 Å². The van der Waals surface area contributed by atoms with Gasteiger partial charge in [-0.2, -0.15) is 17.5 Å². The molecule has 0 radical (unpaired) electrons. The first-order valence-corrected chi connectivity index (χ1v) is 7.59. The molecule has 6 nitrogen and oxygen atoms in total. The quantitative estimate of drug-likeness (QED) is 0.620. The number of alkyl halides is 3. The summed E-state index contributed by atoms with van der Waals surface area (Å²) in [6.45, 7) is 0.127. The molecule has 1 amide bonds. The highest BCUT2D eigenvalue weighted by Crippen LogP contribution is 2.30. The van der Waals surface area contributed by atoms with E-state index in [1.165, 1.54) is 24.3 Å². The molecule has 0 aromatic heterocycles. The Morgan fingerprint density at radius 2 is 1.95 bits per heavy atom. The highest BCUT2D eigenvalue weighted by molar-refractivity contribution is 7.90. The Bertz CT molecular complexity index is 651. The minimum Gasteiger partial charge on any atom is -0.289 e. The van der Waals surface area contributed by atoms with Crippen molar-refractivity contribution in [2.24, 2.45) is 0 Å². The van der Waals surface area contributed by atoms with Crippen molar-refractivity contribution in [3.8, 4) is 0 Å². The van der Waals surface area contributed by atoms with Crippen LogP contribution in [-0.4, -0.2) is 35.4 Å². The molecule has 124 valence electrons. The van der Waals surface area contributed by atoms with E-state index in [-0.39, 0.29) is 14.9 Å². The van der Waals surface area contributed by atoms with Crippen molar-refractivity contribution in [1.29, 1.82) is 0 Å². The number of nitrogens with zero attached hydrogens (tertiary/aromatic N) is 1. The first-order chi connectivity index (χ1) is 10.0. The Hall–Kier alpha value is -1.36. The van der Waals surface area contributed by atoms with E-state index in [0.717, 1.165) is 12.4 Å². The van der Waals surface area contributed by atoms with Gasteiger partial charge in [0.1, 0.15) is 6.04 Å². The summed E-state index contributed by atoms with van der Waals surface area (Å²) in [6, 6.07) is 3.86. The number of benzene rings is 1. The zero-order valence-corrected chi connectivity index (χ0v) is 12.7. The van der Waals surface area contributed by atoms with Gasteiger partial charge in [0.25, 0.3) is 5.91 Å². The van der Waals surface area contributed by atoms with Gasteiger partial charge in [0.15, 0.2) is 0 Å². The number of hydrogen-bond acceptors (Lipinski definition) is 4. The third-order valence-corrected chi connectivity index (χ3v) is 4.82. The SMILES string of the molecule is CC(C(=O)NO)N(Cc1ccccc1Cl)S(=O)(=O)C(F)(F)F. The molecule has 0 aliphatic heterocycles. The Kier molecular flexibility index (Phi) is 5.79. The van der Waals surface area contributed by atoms with Gasteiger partial charge in [-0.05, 0) is 18.6 Å². The summed E-state index contributed by atoms with van der Waals surface area (Å²) in [5.74, 6) is -1.31. The first-order valence-electron chi connectivity index (χ1n) is 5.78. The number of rotatable bonds is 5. The number of halogens is 4. The molecule has 0 bridgehead atoms. The molecule has 0 saturated heterocycles. The van der Waals surface area contributed by atoms with E-state index >= 15 is 0 Å². The lowest BCUT2D eigenvalue weighted by molar-refractivity contribution is -0.133. The van der Waals surface area contributed by atoms with Crippen LogP contribution in [0.25, 0.3) is 0 Å². The van der Waals surface area contributed by atoms with Gasteiger partial charge in [0.2, 0.25) is 0 Å². The summed E-state index contributed by atoms with van der Waals surface area (Å²) in [5.41, 5.74) is -4.40. The number of sulfonamides is 1. The maximum Gasteiger partial charge on any atom is 0.511 e. The normalized spacial score (nSPS) is 14.0. The Balaban J connectivity index is 3.30. The molecule has 1 aromatic rings. The highest BCUT2D eigenvalue weighted by Gasteiger charge is 2.52. The molecule has 0 aliphatic carbocycles. The summed E-state index contributed by atoms with van der Waals surface area (Å²) >= 11 is 5.80. The van der Waals surface area contributed by atoms with E-state index < -0.39 is 34.0 Å². The van der Waals surface area contributed by atoms with Gasteiger partial charge >= 0.3 is 15.5 Å². The van der Waals surface area contributed by atoms with Crippen molar-refractivity contribution in [3.63, 3.8) is 0 Å². The number of hydroxylamine groups is 1. The predicted octanol–water partition coefficient (Wildman–Crippen LogP) is 1.89. The van der Waals surface area contributed by atoms with Gasteiger partial charge in [-0.3, -0.25) is 10.0 Å². The molecule has 1 atom stereocenters. The van der Waals surface area contributed by atoms with Gasteiger partial charge in [0, 0.05) is 11.6 Å². The summed E-state index contributed by atoms with van der Waals surface area (Å²) in [5, 5.41) is 8.56. The molecule has 22 heavy (non-hydrogen) atoms. The molecule has 2 N–H and O–H groups in total. The zero-order chi connectivity index (χ0) is 17.1. The van der Waals surface area contributed by atoms with E-state index in [1.807, 2.05) is 0 Å². The summed E-state index contributed by atoms with van der Waals surface area (Å²) in [4.78, 5) is 11.3. The Labute approximate surface area is 129 Å². The fraction of sp³-hybridized carbons (Fsp3) is 0.364. The number of carbonyl (C=O) groups excluding carboxylic acids is 1. The van der Waals surface area contributed by atoms with Crippen molar-refractivity contribution < 1.29 is 31.6 Å². The van der Waals surface area contributed by atoms with Crippen molar-refractivity contribution in [1.82, 2.24) is 9.79 Å². The zero-order valence-electron chi connectivity index (χ0n) is 11.1. The molecule has 0 aliphatic rings. The lowest BCUT2D eigenvalue weighted by Gasteiger charge is -2.27. The van der Waals surface area contributed by atoms with Crippen LogP contribution in [0.15, 0.2) is 24.3 Å². The van der Waals surface area contributed by atoms with Crippen molar-refractivity contribution in [3.05, 3.63) is 34.9 Å². The first kappa shape index (κ1) is 18.7. The Morgan fingerprint density at radius 1 is 1.41 bits per heavy atom. The molecular weight excluding hydrogens is 349 g/mol. The van der Waals surface area contributed by atoms with Crippen molar-refractivity contribution in [2.45, 2.75) is 25.0 Å². The third kappa shape index (κ3) is 3.88. The average Bonchev–Trinajstić information content (AvgIpc) is 2.43. The van der Waals surface area contributed by atoms with Crippen LogP contribution in [0.1, 0.15) is 12.5 Å². The summed E-state index contributed by atoms with van der Waals surface area (Å²) < 4.78 is 61.4. The second kappa shape index (κ2) is 6.82. The molecule has 1 rings (SSSR count). The molecule has 0 heterocycles. The lowest BCUT2D eigenvalue weighted by atomic mass is 10.2. The summed E-state index contributed by atoms with van der Waals surface area (Å²) in [6.07, 6.45) is 0. The third-order valence-electron chi connectivity index (χ3n) is 2.81. The van der Waals surface area contributed by atoms with Gasteiger partial charge in [-0.15, -0.1) is 0 Å². The van der Waals surface area contributed by atoms with Gasteiger partial charge in [0.05, 0.1) is 0 Å². The monoisotopic (exact) mass is 360 g/mol. The van der Waals surface area contributed by atoms with Gasteiger partial charge in [-0.1, -0.05) is 29.8 Å². The maximum absolute atomic E-state index is 12.8. The largest absolute Gasteiger partial charge is 0.511 e. The Morgan fingerprint density at radius 3 is 2.41 bits per heavy atom. The minimum absolute atomic E-state index is 0.0430. The topological polar surface area (TPSA) is 86.7 Å². The van der Waals surface area contributed by atoms with Crippen LogP contribution in [0.4, 0.5) is 13.2 Å². The van der Waals surface area contributed by atoms with Crippen LogP contribution in [0.3, 0.4) is 0 Å². The number of amides is 1. The number of carbonyl (C=O) groups is 1. The second-order valence-electron chi connectivity index (χ2n) is 4.24. The minimum atomic E-state index is -5.81. The van der Waals surface area contributed by atoms with Crippen molar-refractivity contribution >= 4 is 27.5 Å². The standard InChI is InChI=1S/C11H12ClF3N2O4S/c1-7(10(18)16-19)17(22(20,21)11(13,14)15)6-8-4-2-3-5-9(8)12/h2-5,7,19H,6H2,1H3,(H,16,18). The highest BCUT2D eigenvalue weighted by atomic mass is 35.5. The summed E-state index contributed by atoms with van der Waals surface area (Å²) in [7, 11) is -5.81. The van der Waals surface area contributed by atoms with E-state index in [0.29, 0.717) is 0 Å². The maximum atomic E-state index is 12.8. The van der Waals surface area contributed by atoms with E-state index in [2.05, 4.69) is 0 Å². The van der Waals surface area contributed by atoms with Crippen LogP contribution in [0, 0.1) is 0 Å². The van der Waals surface area contributed by atoms with Crippen LogP contribution in [0.5, 0.6) is 0 Å². The molecule has 0 saturated carbocycles. The molecule has 11 heteroatoms. The predicted molar refractivity (Wildman–Crippen MR) is 71.4 cm³/mol. The smallest absolute Gasteiger partial charge is 0.289 e. The second-order valence-corrected chi connectivity index (χ2v) is 6.53. The lowest BCUT2D eigenvalue weighted by Crippen LogP contribution is -2.50. The van der Waals surface area contributed by atoms with Crippen molar-refractivity contribution in [2.75, 3.05) is 0 Å². The van der Waals surface area contributed by atoms with Crippen LogP contribution < -0.4 is 5.48 Å². The van der Waals surface area contributed by atoms with Gasteiger partial charge < -0.3 is 0 Å². The molecule has 0 fully saturated rings. The number of nitrogens with one attached hydrogen (secondary N) is 1. The average molecular weight is 361 g/mol. The molecule has 0 spiro atoms. The van der Waals surface area contributed by atoms with Crippen LogP contribution in [-0.2, 0) is 21.4 Å². The molecule has 1 unspecified atom stereocenters. The fourth-order valence-corrected chi connectivity index (χ4v) is 2.86. The van der Waals surface area contributed by atoms with Gasteiger partial charge in [-0.25, -0.2) is 13.9 Å². The van der Waals surface area contributed by atoms with Crippen LogP contribution in [0.2, 0.25) is 5.02 Å². The van der Waals surface area contributed by atoms with Crippen LogP contribution >= 0.6 is 11.6 Å². The van der Waals surface area contributed by atoms with E-state index in [9.17, 15) is 26.4 Å².